The molecule has 7 heteroatoms. The number of carbonyl (C=O) groups excluding carboxylic acids is 1. The molecule has 3 aromatic rings. The van der Waals surface area contributed by atoms with Gasteiger partial charge in [-0.2, -0.15) is 0 Å². The summed E-state index contributed by atoms with van der Waals surface area (Å²) < 4.78 is 15.8. The summed E-state index contributed by atoms with van der Waals surface area (Å²) in [6, 6.07) is 7.45. The van der Waals surface area contributed by atoms with Crippen molar-refractivity contribution in [3.8, 4) is 5.75 Å². The molecule has 0 aliphatic heterocycles. The third kappa shape index (κ3) is 3.21. The van der Waals surface area contributed by atoms with Crippen molar-refractivity contribution in [2.45, 2.75) is 20.0 Å². The average molecular weight is 393 g/mol. The zero-order valence-electron chi connectivity index (χ0n) is 12.7. The van der Waals surface area contributed by atoms with Gasteiger partial charge in [0.05, 0.1) is 0 Å². The van der Waals surface area contributed by atoms with E-state index >= 15 is 0 Å². The Morgan fingerprint density at radius 3 is 2.67 bits per heavy atom. The first kappa shape index (κ1) is 16.3. The highest BCUT2D eigenvalue weighted by molar-refractivity contribution is 9.10. The number of rotatable bonds is 4. The van der Waals surface area contributed by atoms with Gasteiger partial charge >= 0.3 is 11.6 Å². The van der Waals surface area contributed by atoms with Gasteiger partial charge in [0.2, 0.25) is 5.76 Å². The smallest absolute Gasteiger partial charge is 0.374 e. The summed E-state index contributed by atoms with van der Waals surface area (Å²) in [5.74, 6) is -0.527. The second-order valence-electron chi connectivity index (χ2n) is 5.10. The molecule has 0 saturated carbocycles. The fraction of sp³-hybridized carbons (Fsp3) is 0.176. The molecular weight excluding hydrogens is 380 g/mol. The summed E-state index contributed by atoms with van der Waals surface area (Å²) in [7, 11) is 0. The highest BCUT2D eigenvalue weighted by Crippen LogP contribution is 2.27. The largest absolute Gasteiger partial charge is 0.508 e. The molecule has 6 nitrogen and oxygen atoms in total. The monoisotopic (exact) mass is 392 g/mol. The van der Waals surface area contributed by atoms with Crippen molar-refractivity contribution >= 4 is 32.9 Å². The number of furan rings is 1. The number of ether oxygens (including phenoxy) is 1. The van der Waals surface area contributed by atoms with Crippen LogP contribution < -0.4 is 5.63 Å². The van der Waals surface area contributed by atoms with Crippen LogP contribution in [-0.2, 0) is 17.8 Å². The van der Waals surface area contributed by atoms with E-state index in [2.05, 4.69) is 15.9 Å². The summed E-state index contributed by atoms with van der Waals surface area (Å²) >= 11 is 3.11. The molecule has 1 N–H and O–H groups in total. The minimum Gasteiger partial charge on any atom is -0.508 e. The SMILES string of the molecule is CCc1cc2c(COC(=O)c3ccc(Br)o3)cc(=O)oc2cc1O. The van der Waals surface area contributed by atoms with Crippen LogP contribution in [0.4, 0.5) is 0 Å². The van der Waals surface area contributed by atoms with E-state index in [1.807, 2.05) is 6.92 Å². The topological polar surface area (TPSA) is 89.9 Å². The van der Waals surface area contributed by atoms with Crippen molar-refractivity contribution in [2.24, 2.45) is 0 Å². The van der Waals surface area contributed by atoms with Gasteiger partial charge in [-0.15, -0.1) is 0 Å². The first-order chi connectivity index (χ1) is 11.5. The number of carbonyl (C=O) groups is 1. The number of benzene rings is 1. The van der Waals surface area contributed by atoms with Crippen LogP contribution in [0, 0.1) is 0 Å². The molecule has 0 saturated heterocycles. The maximum atomic E-state index is 12.0. The van der Waals surface area contributed by atoms with E-state index in [1.54, 1.807) is 12.1 Å². The zero-order chi connectivity index (χ0) is 17.3. The van der Waals surface area contributed by atoms with Crippen molar-refractivity contribution < 1.29 is 23.5 Å². The Morgan fingerprint density at radius 1 is 1.21 bits per heavy atom. The molecule has 124 valence electrons. The predicted octanol–water partition coefficient (Wildman–Crippen LogP) is 3.77. The molecule has 0 spiro atoms. The lowest BCUT2D eigenvalue weighted by atomic mass is 10.0. The lowest BCUT2D eigenvalue weighted by molar-refractivity contribution is 0.0435. The molecule has 1 aromatic carbocycles. The van der Waals surface area contributed by atoms with Crippen LogP contribution in [0.3, 0.4) is 0 Å². The number of phenols is 1. The molecule has 24 heavy (non-hydrogen) atoms. The maximum Gasteiger partial charge on any atom is 0.374 e. The molecule has 3 rings (SSSR count). The van der Waals surface area contributed by atoms with E-state index in [4.69, 9.17) is 13.6 Å². The van der Waals surface area contributed by atoms with Crippen LogP contribution in [0.15, 0.2) is 48.6 Å². The standard InChI is InChI=1S/C17H13BrO6/c1-2-9-5-11-10(6-16(20)24-14(11)7-12(9)19)8-22-17(21)13-3-4-15(18)23-13/h3-7,19H,2,8H2,1H3. The molecule has 0 radical (unpaired) electrons. The number of hydrogen-bond acceptors (Lipinski definition) is 6. The summed E-state index contributed by atoms with van der Waals surface area (Å²) in [5.41, 5.74) is 0.857. The van der Waals surface area contributed by atoms with Crippen molar-refractivity contribution in [1.29, 1.82) is 0 Å². The lowest BCUT2D eigenvalue weighted by Gasteiger charge is -2.09. The Balaban J connectivity index is 1.93. The molecule has 0 aliphatic carbocycles. The van der Waals surface area contributed by atoms with Crippen molar-refractivity contribution in [2.75, 3.05) is 0 Å². The molecule has 2 heterocycles. The van der Waals surface area contributed by atoms with Gasteiger partial charge in [0, 0.05) is 23.1 Å². The summed E-state index contributed by atoms with van der Waals surface area (Å²) in [5, 5.41) is 10.5. The van der Waals surface area contributed by atoms with Crippen LogP contribution in [0.2, 0.25) is 0 Å². The number of hydrogen-bond donors (Lipinski definition) is 1. The first-order valence-electron chi connectivity index (χ1n) is 7.19. The quantitative estimate of drug-likeness (QED) is 0.536. The average Bonchev–Trinajstić information content (AvgIpc) is 2.98. The van der Waals surface area contributed by atoms with Gasteiger partial charge in [0.25, 0.3) is 0 Å². The minimum absolute atomic E-state index is 0.0565. The van der Waals surface area contributed by atoms with Gasteiger partial charge in [0.1, 0.15) is 17.9 Å². The van der Waals surface area contributed by atoms with Crippen molar-refractivity contribution in [1.82, 2.24) is 0 Å². The number of aromatic hydroxyl groups is 1. The van der Waals surface area contributed by atoms with E-state index in [0.717, 1.165) is 0 Å². The van der Waals surface area contributed by atoms with Crippen molar-refractivity contribution in [3.05, 3.63) is 62.3 Å². The van der Waals surface area contributed by atoms with Gasteiger partial charge in [0.15, 0.2) is 4.67 Å². The summed E-state index contributed by atoms with van der Waals surface area (Å²) in [4.78, 5) is 23.6. The first-order valence-corrected chi connectivity index (χ1v) is 7.98. The maximum absolute atomic E-state index is 12.0. The normalized spacial score (nSPS) is 10.9. The van der Waals surface area contributed by atoms with Crippen LogP contribution in [0.25, 0.3) is 11.0 Å². The van der Waals surface area contributed by atoms with E-state index in [9.17, 15) is 14.7 Å². The van der Waals surface area contributed by atoms with Crippen LogP contribution in [-0.4, -0.2) is 11.1 Å². The predicted molar refractivity (Wildman–Crippen MR) is 89.1 cm³/mol. The van der Waals surface area contributed by atoms with Crippen molar-refractivity contribution in [3.63, 3.8) is 0 Å². The Morgan fingerprint density at radius 2 is 2.00 bits per heavy atom. The number of fused-ring (bicyclic) bond motifs is 1. The van der Waals surface area contributed by atoms with E-state index in [-0.39, 0.29) is 23.7 Å². The number of halogens is 1. The van der Waals surface area contributed by atoms with Gasteiger partial charge < -0.3 is 18.7 Å². The molecule has 0 fully saturated rings. The Bertz CT molecular complexity index is 969. The Hall–Kier alpha value is -2.54. The second kappa shape index (κ2) is 6.52. The molecule has 0 amide bonds. The number of phenolic OH excluding ortho intramolecular Hbond substituents is 1. The van der Waals surface area contributed by atoms with Gasteiger partial charge in [-0.1, -0.05) is 6.92 Å². The fourth-order valence-electron chi connectivity index (χ4n) is 2.35. The molecule has 0 unspecified atom stereocenters. The Labute approximate surface area is 144 Å². The lowest BCUT2D eigenvalue weighted by Crippen LogP contribution is -2.07. The highest BCUT2D eigenvalue weighted by atomic mass is 79.9. The molecular formula is C17H13BrO6. The number of esters is 1. The van der Waals surface area contributed by atoms with Crippen LogP contribution >= 0.6 is 15.9 Å². The number of aryl methyl sites for hydroxylation is 1. The molecule has 0 aliphatic rings. The third-order valence-electron chi connectivity index (χ3n) is 3.54. The van der Waals surface area contributed by atoms with Gasteiger partial charge in [-0.3, -0.25) is 0 Å². The molecule has 2 aromatic heterocycles. The van der Waals surface area contributed by atoms with Gasteiger partial charge in [-0.25, -0.2) is 9.59 Å². The zero-order valence-corrected chi connectivity index (χ0v) is 14.3. The molecule has 0 atom stereocenters. The fourth-order valence-corrected chi connectivity index (χ4v) is 2.65. The van der Waals surface area contributed by atoms with E-state index < -0.39 is 11.6 Å². The second-order valence-corrected chi connectivity index (χ2v) is 5.88. The van der Waals surface area contributed by atoms with E-state index in [0.29, 0.717) is 27.6 Å². The van der Waals surface area contributed by atoms with E-state index in [1.165, 1.54) is 18.2 Å². The summed E-state index contributed by atoms with van der Waals surface area (Å²) in [6.45, 7) is 1.78. The highest BCUT2D eigenvalue weighted by Gasteiger charge is 2.15. The molecule has 0 bridgehead atoms. The van der Waals surface area contributed by atoms with Gasteiger partial charge in [-0.05, 0) is 46.1 Å². The minimum atomic E-state index is -0.642. The summed E-state index contributed by atoms with van der Waals surface area (Å²) in [6.07, 6.45) is 0.612. The van der Waals surface area contributed by atoms with Crippen LogP contribution in [0.5, 0.6) is 5.75 Å². The Kier molecular flexibility index (Phi) is 4.44. The third-order valence-corrected chi connectivity index (χ3v) is 3.97. The van der Waals surface area contributed by atoms with Crippen LogP contribution in [0.1, 0.15) is 28.6 Å².